The smallest absolute Gasteiger partial charge is 0.246 e. The molecule has 4 rings (SSSR count). The van der Waals surface area contributed by atoms with Crippen LogP contribution in [-0.4, -0.2) is 29.9 Å². The van der Waals surface area contributed by atoms with Gasteiger partial charge in [0.25, 0.3) is 0 Å². The molecule has 0 unspecified atom stereocenters. The molecule has 2 aromatic carbocycles. The number of nitrogens with two attached hydrogens (primary N) is 1. The summed E-state index contributed by atoms with van der Waals surface area (Å²) in [6, 6.07) is 14.2. The van der Waals surface area contributed by atoms with Crippen LogP contribution in [0.3, 0.4) is 0 Å². The van der Waals surface area contributed by atoms with Crippen LogP contribution in [0.2, 0.25) is 0 Å². The second-order valence-electron chi connectivity index (χ2n) is 8.54. The van der Waals surface area contributed by atoms with Gasteiger partial charge in [-0.3, -0.25) is 14.6 Å². The molecule has 8 heteroatoms. The lowest BCUT2D eigenvalue weighted by atomic mass is 9.91. The number of aryl methyl sites for hydroxylation is 1. The summed E-state index contributed by atoms with van der Waals surface area (Å²) in [7, 11) is 0. The molecule has 3 N–H and O–H groups in total. The first-order chi connectivity index (χ1) is 14.9. The second kappa shape index (κ2) is 11.0. The van der Waals surface area contributed by atoms with Crippen molar-refractivity contribution >= 4 is 53.2 Å². The minimum atomic E-state index is -0.161. The molecule has 0 atom stereocenters. The van der Waals surface area contributed by atoms with Gasteiger partial charge in [-0.25, -0.2) is 0 Å². The first-order valence-corrected chi connectivity index (χ1v) is 10.7. The molecular formula is C25H30Cl2N4O2. The number of fused-ring (bicyclic) bond motifs is 1. The number of hydrogen-bond acceptors (Lipinski definition) is 4. The third-order valence-electron chi connectivity index (χ3n) is 5.65. The van der Waals surface area contributed by atoms with Crippen molar-refractivity contribution < 1.29 is 9.59 Å². The maximum Gasteiger partial charge on any atom is 0.246 e. The summed E-state index contributed by atoms with van der Waals surface area (Å²) in [6.07, 6.45) is 0.841. The van der Waals surface area contributed by atoms with E-state index in [4.69, 9.17) is 10.7 Å². The predicted octanol–water partition coefficient (Wildman–Crippen LogP) is 4.17. The molecular weight excluding hydrogens is 459 g/mol. The Labute approximate surface area is 206 Å². The fourth-order valence-corrected chi connectivity index (χ4v) is 4.13. The minimum absolute atomic E-state index is 0. The molecule has 0 radical (unpaired) electrons. The number of carbonyl (C=O) groups excluding carboxylic acids is 2. The standard InChI is InChI=1S/C25H28N4O2.2ClH/c1-15(2)10-22-20(12-26)25(17-6-4-16(3)5-7-17)19-11-18(8-9-21(19)28-22)29-14-23(30)27-13-24(29)31;;/h4-9,11,15H,10,12-14,26H2,1-3H3,(H,27,30);2*1H. The van der Waals surface area contributed by atoms with E-state index in [1.54, 1.807) is 0 Å². The van der Waals surface area contributed by atoms with Crippen molar-refractivity contribution in [1.29, 1.82) is 0 Å². The number of aromatic nitrogens is 1. The molecule has 33 heavy (non-hydrogen) atoms. The van der Waals surface area contributed by atoms with Gasteiger partial charge in [0.1, 0.15) is 6.54 Å². The number of anilines is 1. The van der Waals surface area contributed by atoms with E-state index in [0.29, 0.717) is 18.2 Å². The van der Waals surface area contributed by atoms with E-state index >= 15 is 0 Å². The van der Waals surface area contributed by atoms with Crippen LogP contribution in [0.15, 0.2) is 42.5 Å². The van der Waals surface area contributed by atoms with E-state index in [9.17, 15) is 9.59 Å². The summed E-state index contributed by atoms with van der Waals surface area (Å²) < 4.78 is 0. The largest absolute Gasteiger partial charge is 0.345 e. The van der Waals surface area contributed by atoms with E-state index in [2.05, 4.69) is 50.4 Å². The molecule has 0 bridgehead atoms. The average Bonchev–Trinajstić information content (AvgIpc) is 2.74. The normalized spacial score (nSPS) is 13.5. The molecule has 2 amide bonds. The molecule has 0 aliphatic carbocycles. The van der Waals surface area contributed by atoms with Crippen molar-refractivity contribution in [2.45, 2.75) is 33.7 Å². The molecule has 1 saturated heterocycles. The second-order valence-corrected chi connectivity index (χ2v) is 8.54. The summed E-state index contributed by atoms with van der Waals surface area (Å²) in [5, 5.41) is 3.53. The Bertz CT molecular complexity index is 1160. The van der Waals surface area contributed by atoms with E-state index < -0.39 is 0 Å². The maximum atomic E-state index is 12.4. The van der Waals surface area contributed by atoms with Crippen LogP contribution < -0.4 is 16.0 Å². The number of nitrogens with one attached hydrogen (secondary N) is 1. The number of amides is 2. The topological polar surface area (TPSA) is 88.3 Å². The Morgan fingerprint density at radius 2 is 1.79 bits per heavy atom. The van der Waals surface area contributed by atoms with E-state index in [-0.39, 0.29) is 49.7 Å². The summed E-state index contributed by atoms with van der Waals surface area (Å²) >= 11 is 0. The fraction of sp³-hybridized carbons (Fsp3) is 0.320. The molecule has 1 aliphatic heterocycles. The van der Waals surface area contributed by atoms with E-state index in [0.717, 1.165) is 39.7 Å². The summed E-state index contributed by atoms with van der Waals surface area (Å²) in [5.74, 6) is 0.163. The van der Waals surface area contributed by atoms with Gasteiger partial charge in [0, 0.05) is 23.3 Å². The third-order valence-corrected chi connectivity index (χ3v) is 5.65. The SMILES string of the molecule is Cc1ccc(-c2c(CN)c(CC(C)C)nc3ccc(N4CC(=O)NCC4=O)cc23)cc1.Cl.Cl. The monoisotopic (exact) mass is 488 g/mol. The number of carbonyl (C=O) groups is 2. The molecule has 1 fully saturated rings. The predicted molar refractivity (Wildman–Crippen MR) is 138 cm³/mol. The highest BCUT2D eigenvalue weighted by atomic mass is 35.5. The number of hydrogen-bond donors (Lipinski definition) is 2. The number of pyridine rings is 1. The van der Waals surface area contributed by atoms with Crippen LogP contribution in [0.5, 0.6) is 0 Å². The van der Waals surface area contributed by atoms with Gasteiger partial charge in [-0.1, -0.05) is 43.7 Å². The summed E-state index contributed by atoms with van der Waals surface area (Å²) in [5.41, 5.74) is 13.2. The Morgan fingerprint density at radius 1 is 1.09 bits per heavy atom. The zero-order valence-corrected chi connectivity index (χ0v) is 20.7. The molecule has 1 aromatic heterocycles. The van der Waals surface area contributed by atoms with Gasteiger partial charge < -0.3 is 16.0 Å². The molecule has 1 aliphatic rings. The highest BCUT2D eigenvalue weighted by Gasteiger charge is 2.25. The minimum Gasteiger partial charge on any atom is -0.345 e. The maximum absolute atomic E-state index is 12.4. The lowest BCUT2D eigenvalue weighted by molar-refractivity contribution is -0.128. The van der Waals surface area contributed by atoms with Crippen LogP contribution in [0.1, 0.15) is 30.7 Å². The van der Waals surface area contributed by atoms with Crippen molar-refractivity contribution in [1.82, 2.24) is 10.3 Å². The zero-order chi connectivity index (χ0) is 22.1. The molecule has 2 heterocycles. The van der Waals surface area contributed by atoms with Crippen LogP contribution in [-0.2, 0) is 22.6 Å². The summed E-state index contributed by atoms with van der Waals surface area (Å²) in [6.45, 7) is 6.83. The van der Waals surface area contributed by atoms with Gasteiger partial charge in [0.15, 0.2) is 0 Å². The number of nitrogens with zero attached hydrogens (tertiary/aromatic N) is 2. The fourth-order valence-electron chi connectivity index (χ4n) is 4.13. The first kappa shape index (κ1) is 26.6. The van der Waals surface area contributed by atoms with Gasteiger partial charge in [0.05, 0.1) is 12.1 Å². The van der Waals surface area contributed by atoms with Crippen molar-refractivity contribution in [3.05, 3.63) is 59.3 Å². The van der Waals surface area contributed by atoms with Gasteiger partial charge in [-0.15, -0.1) is 24.8 Å². The zero-order valence-electron chi connectivity index (χ0n) is 19.1. The van der Waals surface area contributed by atoms with Crippen LogP contribution in [0.4, 0.5) is 5.69 Å². The van der Waals surface area contributed by atoms with Crippen molar-refractivity contribution in [2.24, 2.45) is 11.7 Å². The van der Waals surface area contributed by atoms with Crippen molar-refractivity contribution in [2.75, 3.05) is 18.0 Å². The van der Waals surface area contributed by atoms with E-state index in [1.165, 1.54) is 10.5 Å². The number of rotatable bonds is 5. The van der Waals surface area contributed by atoms with Crippen molar-refractivity contribution in [3.63, 3.8) is 0 Å². The van der Waals surface area contributed by atoms with Gasteiger partial charge in [-0.05, 0) is 54.2 Å². The molecule has 3 aromatic rings. The summed E-state index contributed by atoms with van der Waals surface area (Å²) in [4.78, 5) is 30.8. The highest BCUT2D eigenvalue weighted by molar-refractivity contribution is 6.06. The van der Waals surface area contributed by atoms with Crippen LogP contribution >= 0.6 is 24.8 Å². The number of benzene rings is 2. The van der Waals surface area contributed by atoms with Gasteiger partial charge >= 0.3 is 0 Å². The molecule has 0 spiro atoms. The Morgan fingerprint density at radius 3 is 2.42 bits per heavy atom. The number of piperazine rings is 1. The van der Waals surface area contributed by atoms with E-state index in [1.807, 2.05) is 18.2 Å². The van der Waals surface area contributed by atoms with Crippen molar-refractivity contribution in [3.8, 4) is 11.1 Å². The third kappa shape index (κ3) is 5.46. The molecule has 176 valence electrons. The van der Waals surface area contributed by atoms with Crippen LogP contribution in [0, 0.1) is 12.8 Å². The quantitative estimate of drug-likeness (QED) is 0.563. The Hall–Kier alpha value is -2.67. The lowest BCUT2D eigenvalue weighted by Crippen LogP contribution is -2.51. The average molecular weight is 489 g/mol. The molecule has 6 nitrogen and oxygen atoms in total. The Balaban J connectivity index is 0.00000193. The van der Waals surface area contributed by atoms with Crippen LogP contribution in [0.25, 0.3) is 22.0 Å². The first-order valence-electron chi connectivity index (χ1n) is 10.7. The molecule has 0 saturated carbocycles. The number of halogens is 2. The lowest BCUT2D eigenvalue weighted by Gasteiger charge is -2.27. The Kier molecular flexibility index (Phi) is 8.83. The highest BCUT2D eigenvalue weighted by Crippen LogP contribution is 2.36. The van der Waals surface area contributed by atoms with Gasteiger partial charge in [-0.2, -0.15) is 0 Å². The van der Waals surface area contributed by atoms with Gasteiger partial charge in [0.2, 0.25) is 11.8 Å².